The van der Waals surface area contributed by atoms with Gasteiger partial charge in [-0.05, 0) is 31.2 Å². The van der Waals surface area contributed by atoms with E-state index in [2.05, 4.69) is 0 Å². The van der Waals surface area contributed by atoms with E-state index in [4.69, 9.17) is 15.3 Å². The molecule has 19 heavy (non-hydrogen) atoms. The van der Waals surface area contributed by atoms with E-state index < -0.39 is 5.97 Å². The second-order valence-electron chi connectivity index (χ2n) is 4.62. The fraction of sp³-hybridized carbons (Fsp3) is 0.267. The van der Waals surface area contributed by atoms with Gasteiger partial charge in [0, 0.05) is 12.3 Å². The number of aryl methyl sites for hydroxylation is 1. The van der Waals surface area contributed by atoms with Gasteiger partial charge in [0.25, 0.3) is 0 Å². The molecule has 1 aromatic carbocycles. The van der Waals surface area contributed by atoms with E-state index in [0.717, 1.165) is 5.56 Å². The van der Waals surface area contributed by atoms with Crippen LogP contribution in [0.2, 0.25) is 0 Å². The van der Waals surface area contributed by atoms with Crippen LogP contribution in [0.4, 0.5) is 0 Å². The molecule has 4 heteroatoms. The fourth-order valence-electron chi connectivity index (χ4n) is 2.02. The van der Waals surface area contributed by atoms with Crippen LogP contribution >= 0.6 is 0 Å². The van der Waals surface area contributed by atoms with Crippen LogP contribution in [0, 0.1) is 6.92 Å². The minimum atomic E-state index is -1.05. The fourth-order valence-corrected chi connectivity index (χ4v) is 2.02. The summed E-state index contributed by atoms with van der Waals surface area (Å²) in [6.07, 6.45) is 0.604. The van der Waals surface area contributed by atoms with E-state index in [-0.39, 0.29) is 11.7 Å². The van der Waals surface area contributed by atoms with E-state index in [1.165, 1.54) is 11.6 Å². The molecule has 2 rings (SSSR count). The third-order valence-electron chi connectivity index (χ3n) is 3.15. The van der Waals surface area contributed by atoms with Gasteiger partial charge in [0.2, 0.25) is 5.76 Å². The Hall–Kier alpha value is -2.07. The number of nitrogens with two attached hydrogens (primary N) is 1. The molecule has 3 N–H and O–H groups in total. The smallest absolute Gasteiger partial charge is 0.371 e. The van der Waals surface area contributed by atoms with Gasteiger partial charge >= 0.3 is 5.97 Å². The van der Waals surface area contributed by atoms with Crippen molar-refractivity contribution in [1.82, 2.24) is 0 Å². The average Bonchev–Trinajstić information content (AvgIpc) is 2.86. The first kappa shape index (κ1) is 13.4. The summed E-state index contributed by atoms with van der Waals surface area (Å²) in [5, 5.41) is 8.82. The van der Waals surface area contributed by atoms with Gasteiger partial charge in [-0.15, -0.1) is 0 Å². The van der Waals surface area contributed by atoms with Gasteiger partial charge in [-0.25, -0.2) is 4.79 Å². The summed E-state index contributed by atoms with van der Waals surface area (Å²) in [6.45, 7) is 2.53. The molecule has 1 aromatic heterocycles. The predicted molar refractivity (Wildman–Crippen MR) is 72.3 cm³/mol. The van der Waals surface area contributed by atoms with Crippen LogP contribution < -0.4 is 5.73 Å². The summed E-state index contributed by atoms with van der Waals surface area (Å²) in [6, 6.07) is 11.4. The molecule has 0 aliphatic carbocycles. The van der Waals surface area contributed by atoms with Crippen molar-refractivity contribution in [3.8, 4) is 0 Å². The minimum Gasteiger partial charge on any atom is -0.475 e. The molecule has 0 amide bonds. The largest absolute Gasteiger partial charge is 0.475 e. The maximum absolute atomic E-state index is 10.8. The summed E-state index contributed by atoms with van der Waals surface area (Å²) in [5.74, 6) is -0.303. The molecule has 0 aliphatic heterocycles. The summed E-state index contributed by atoms with van der Waals surface area (Å²) in [4.78, 5) is 10.8. The maximum Gasteiger partial charge on any atom is 0.371 e. The Labute approximate surface area is 111 Å². The average molecular weight is 259 g/mol. The number of hydrogen-bond acceptors (Lipinski definition) is 3. The number of rotatable bonds is 5. The molecule has 1 atom stereocenters. The van der Waals surface area contributed by atoms with E-state index in [1.807, 2.05) is 31.2 Å². The lowest BCUT2D eigenvalue weighted by Crippen LogP contribution is -2.14. The zero-order valence-corrected chi connectivity index (χ0v) is 10.8. The first-order valence-electron chi connectivity index (χ1n) is 6.19. The van der Waals surface area contributed by atoms with Crippen molar-refractivity contribution in [1.29, 1.82) is 0 Å². The van der Waals surface area contributed by atoms with Gasteiger partial charge in [0.15, 0.2) is 0 Å². The highest BCUT2D eigenvalue weighted by Crippen LogP contribution is 2.21. The number of carboxylic acids is 1. The van der Waals surface area contributed by atoms with Gasteiger partial charge in [-0.1, -0.05) is 29.8 Å². The molecule has 0 aliphatic rings. The predicted octanol–water partition coefficient (Wildman–Crippen LogP) is 2.57. The lowest BCUT2D eigenvalue weighted by Gasteiger charge is -2.14. The zero-order chi connectivity index (χ0) is 13.8. The Morgan fingerprint density at radius 3 is 2.47 bits per heavy atom. The van der Waals surface area contributed by atoms with Crippen molar-refractivity contribution < 1.29 is 14.3 Å². The highest BCUT2D eigenvalue weighted by molar-refractivity contribution is 5.84. The Morgan fingerprint density at radius 2 is 1.95 bits per heavy atom. The lowest BCUT2D eigenvalue weighted by molar-refractivity contribution is 0.0660. The summed E-state index contributed by atoms with van der Waals surface area (Å²) in [5.41, 5.74) is 8.14. The number of furan rings is 1. The molecule has 0 radical (unpaired) electrons. The Kier molecular flexibility index (Phi) is 4.02. The van der Waals surface area contributed by atoms with Crippen LogP contribution in [0.5, 0.6) is 0 Å². The van der Waals surface area contributed by atoms with Gasteiger partial charge < -0.3 is 15.3 Å². The number of carbonyl (C=O) groups is 1. The van der Waals surface area contributed by atoms with Crippen LogP contribution in [0.15, 0.2) is 40.8 Å². The number of benzene rings is 1. The molecule has 0 saturated heterocycles. The number of carboxylic acid groups (broad SMARTS) is 1. The third kappa shape index (κ3) is 3.23. The monoisotopic (exact) mass is 259 g/mol. The van der Waals surface area contributed by atoms with Crippen LogP contribution in [0.1, 0.15) is 33.4 Å². The Balaban J connectivity index is 2.14. The summed E-state index contributed by atoms with van der Waals surface area (Å²) >= 11 is 0. The van der Waals surface area contributed by atoms with E-state index in [0.29, 0.717) is 18.7 Å². The number of hydrogen-bond donors (Lipinski definition) is 2. The van der Waals surface area contributed by atoms with Crippen molar-refractivity contribution in [3.63, 3.8) is 0 Å². The molecule has 0 bridgehead atoms. The Morgan fingerprint density at radius 1 is 1.26 bits per heavy atom. The van der Waals surface area contributed by atoms with Crippen molar-refractivity contribution in [2.24, 2.45) is 5.73 Å². The third-order valence-corrected chi connectivity index (χ3v) is 3.15. The van der Waals surface area contributed by atoms with Crippen molar-refractivity contribution in [3.05, 3.63) is 59.0 Å². The summed E-state index contributed by atoms with van der Waals surface area (Å²) in [7, 11) is 0. The van der Waals surface area contributed by atoms with Crippen molar-refractivity contribution in [2.45, 2.75) is 19.3 Å². The molecular weight excluding hydrogens is 242 g/mol. The molecular formula is C15H17NO3. The minimum absolute atomic E-state index is 0.0327. The van der Waals surface area contributed by atoms with Gasteiger partial charge in [0.05, 0.1) is 0 Å². The number of aromatic carboxylic acids is 1. The van der Waals surface area contributed by atoms with Gasteiger partial charge in [0.1, 0.15) is 5.76 Å². The standard InChI is InChI=1S/C15H17NO3/c1-10-2-4-11(5-3-10)12(9-16)8-13-6-7-14(19-13)15(17)18/h2-7,12H,8-9,16H2,1H3,(H,17,18). The molecule has 2 aromatic rings. The first-order valence-corrected chi connectivity index (χ1v) is 6.19. The molecule has 0 spiro atoms. The van der Waals surface area contributed by atoms with Crippen molar-refractivity contribution in [2.75, 3.05) is 6.54 Å². The second-order valence-corrected chi connectivity index (χ2v) is 4.62. The SMILES string of the molecule is Cc1ccc(C(CN)Cc2ccc(C(=O)O)o2)cc1. The van der Waals surface area contributed by atoms with Crippen molar-refractivity contribution >= 4 is 5.97 Å². The topological polar surface area (TPSA) is 76.5 Å². The van der Waals surface area contributed by atoms with Crippen LogP contribution in [-0.2, 0) is 6.42 Å². The zero-order valence-electron chi connectivity index (χ0n) is 10.8. The molecule has 0 fully saturated rings. The Bertz CT molecular complexity index is 557. The summed E-state index contributed by atoms with van der Waals surface area (Å²) < 4.78 is 5.27. The van der Waals surface area contributed by atoms with E-state index >= 15 is 0 Å². The highest BCUT2D eigenvalue weighted by Gasteiger charge is 2.15. The maximum atomic E-state index is 10.8. The second kappa shape index (κ2) is 5.71. The molecule has 0 saturated carbocycles. The van der Waals surface area contributed by atoms with Crippen LogP contribution in [0.25, 0.3) is 0 Å². The molecule has 1 heterocycles. The molecule has 1 unspecified atom stereocenters. The van der Waals surface area contributed by atoms with E-state index in [9.17, 15) is 4.79 Å². The molecule has 4 nitrogen and oxygen atoms in total. The highest BCUT2D eigenvalue weighted by atomic mass is 16.4. The van der Waals surface area contributed by atoms with Crippen LogP contribution in [-0.4, -0.2) is 17.6 Å². The lowest BCUT2D eigenvalue weighted by atomic mass is 9.94. The first-order chi connectivity index (χ1) is 9.10. The molecule has 100 valence electrons. The van der Waals surface area contributed by atoms with Gasteiger partial charge in [-0.2, -0.15) is 0 Å². The van der Waals surface area contributed by atoms with Crippen LogP contribution in [0.3, 0.4) is 0 Å². The normalized spacial score (nSPS) is 12.3. The quantitative estimate of drug-likeness (QED) is 0.865. The van der Waals surface area contributed by atoms with E-state index in [1.54, 1.807) is 6.07 Å². The van der Waals surface area contributed by atoms with Gasteiger partial charge in [-0.3, -0.25) is 0 Å².